The van der Waals surface area contributed by atoms with Gasteiger partial charge in [0.2, 0.25) is 0 Å². The number of benzene rings is 2. The molecule has 0 aliphatic rings. The number of hydrogen-bond acceptors (Lipinski definition) is 2. The number of hydrogen-bond donors (Lipinski definition) is 2. The Labute approximate surface area is 228 Å². The van der Waals surface area contributed by atoms with Crippen molar-refractivity contribution in [1.29, 1.82) is 0 Å². The van der Waals surface area contributed by atoms with E-state index in [1.165, 1.54) is 33.0 Å². The Morgan fingerprint density at radius 1 is 0.865 bits per heavy atom. The summed E-state index contributed by atoms with van der Waals surface area (Å²) in [5.74, 6) is 0. The van der Waals surface area contributed by atoms with Gasteiger partial charge >= 0.3 is 0 Å². The van der Waals surface area contributed by atoms with Crippen LogP contribution in [0, 0.1) is 6.92 Å². The molecular weight excluding hydrogens is 448 g/mol. The van der Waals surface area contributed by atoms with Crippen LogP contribution in [0.4, 0.5) is 0 Å². The summed E-state index contributed by atoms with van der Waals surface area (Å²) in [5.41, 5.74) is 19.8. The molecule has 0 aliphatic heterocycles. The quantitative estimate of drug-likeness (QED) is 0.336. The lowest BCUT2D eigenvalue weighted by molar-refractivity contribution is 1.03. The third-order valence-corrected chi connectivity index (χ3v) is 6.30. The van der Waals surface area contributed by atoms with Crippen molar-refractivity contribution in [1.82, 2.24) is 0 Å². The number of fused-ring (bicyclic) bond motifs is 1. The van der Waals surface area contributed by atoms with E-state index in [0.717, 1.165) is 49.1 Å². The molecule has 202 valence electrons. The highest BCUT2D eigenvalue weighted by atomic mass is 14.6. The van der Waals surface area contributed by atoms with E-state index in [-0.39, 0.29) is 0 Å². The van der Waals surface area contributed by atoms with Gasteiger partial charge in [0, 0.05) is 11.4 Å². The van der Waals surface area contributed by atoms with Gasteiger partial charge in [0.25, 0.3) is 0 Å². The molecule has 0 saturated carbocycles. The summed E-state index contributed by atoms with van der Waals surface area (Å²) in [5, 5.41) is 2.80. The third kappa shape index (κ3) is 12.0. The molecule has 2 rings (SSSR count). The number of nitrogens with two attached hydrogens (primary N) is 2. The summed E-state index contributed by atoms with van der Waals surface area (Å²) in [6, 6.07) is 13.0. The van der Waals surface area contributed by atoms with Crippen LogP contribution in [0.1, 0.15) is 85.3 Å². The van der Waals surface area contributed by atoms with Gasteiger partial charge in [-0.15, -0.1) is 0 Å². The molecule has 0 unspecified atom stereocenters. The van der Waals surface area contributed by atoms with Crippen LogP contribution in [0.2, 0.25) is 0 Å². The topological polar surface area (TPSA) is 52.0 Å². The summed E-state index contributed by atoms with van der Waals surface area (Å²) in [6.45, 7) is 20.5. The van der Waals surface area contributed by atoms with Gasteiger partial charge in [0.05, 0.1) is 0 Å². The molecule has 37 heavy (non-hydrogen) atoms. The number of allylic oxidation sites excluding steroid dienone is 10. The first-order valence-electron chi connectivity index (χ1n) is 13.8. The van der Waals surface area contributed by atoms with E-state index < -0.39 is 0 Å². The van der Waals surface area contributed by atoms with Gasteiger partial charge in [-0.1, -0.05) is 114 Å². The van der Waals surface area contributed by atoms with Crippen LogP contribution in [-0.2, 0) is 6.42 Å². The molecule has 2 aromatic carbocycles. The van der Waals surface area contributed by atoms with E-state index in [1.54, 1.807) is 0 Å². The first-order valence-corrected chi connectivity index (χ1v) is 13.8. The maximum atomic E-state index is 5.94. The smallest absolute Gasteiger partial charge is 0.0375 e. The van der Waals surface area contributed by atoms with Crippen LogP contribution in [0.15, 0.2) is 108 Å². The molecule has 2 aromatic rings. The Morgan fingerprint density at radius 3 is 1.95 bits per heavy atom. The fourth-order valence-corrected chi connectivity index (χ4v) is 4.03. The van der Waals surface area contributed by atoms with Crippen molar-refractivity contribution in [2.45, 2.75) is 87.5 Å². The van der Waals surface area contributed by atoms with Crippen molar-refractivity contribution in [2.24, 2.45) is 11.5 Å². The Kier molecular flexibility index (Phi) is 18.1. The van der Waals surface area contributed by atoms with Crippen LogP contribution in [0.3, 0.4) is 0 Å². The van der Waals surface area contributed by atoms with Gasteiger partial charge in [0.15, 0.2) is 0 Å². The minimum Gasteiger partial charge on any atom is -0.402 e. The molecule has 0 aliphatic carbocycles. The minimum atomic E-state index is 0.900. The summed E-state index contributed by atoms with van der Waals surface area (Å²) in [7, 11) is 0. The van der Waals surface area contributed by atoms with Gasteiger partial charge in [-0.2, -0.15) is 0 Å². The maximum absolute atomic E-state index is 5.94. The zero-order valence-electron chi connectivity index (χ0n) is 24.8. The van der Waals surface area contributed by atoms with Gasteiger partial charge in [-0.05, 0) is 91.5 Å². The van der Waals surface area contributed by atoms with Gasteiger partial charge < -0.3 is 11.5 Å². The van der Waals surface area contributed by atoms with Gasteiger partial charge in [-0.25, -0.2) is 0 Å². The highest BCUT2D eigenvalue weighted by Crippen LogP contribution is 2.22. The Hall–Kier alpha value is -3.26. The molecule has 0 amide bonds. The first kappa shape index (κ1) is 33.7. The average molecular weight is 501 g/mol. The lowest BCUT2D eigenvalue weighted by Crippen LogP contribution is -2.04. The Balaban J connectivity index is 0.000000527. The van der Waals surface area contributed by atoms with Crippen LogP contribution >= 0.6 is 0 Å². The highest BCUT2D eigenvalue weighted by molar-refractivity contribution is 5.88. The molecule has 0 bridgehead atoms. The number of rotatable bonds is 9. The van der Waals surface area contributed by atoms with E-state index in [2.05, 4.69) is 109 Å². The lowest BCUT2D eigenvalue weighted by Gasteiger charge is -2.08. The normalized spacial score (nSPS) is 12.9. The van der Waals surface area contributed by atoms with Crippen molar-refractivity contribution in [3.05, 3.63) is 119 Å². The molecular formula is C35H52N2. The highest BCUT2D eigenvalue weighted by Gasteiger charge is 2.01. The molecule has 0 spiro atoms. The monoisotopic (exact) mass is 500 g/mol. The standard InChI is InChI=1S/C13H14.2C11H19N/c1-3-11-7-5-9-12-8-4-6-10(2)13(11)12;1-5-9(6-2)11(12)10(7-3)8-4;1-4-6-7-8-9-11(5-2)10(3)12/h4-9H,3H2,1-2H3;5,7H,1,6,8,12H2,2-4H3;6-9H,4-5,12H2,1-3H3/b;10-7-,11-9-;7-6+,9-8-,11-10+. The molecule has 2 heteroatoms. The fraction of sp³-hybridized carbons (Fsp3) is 0.371. The SMILES string of the molecule is C=C/C(CC)=C(N)\C(=C/C)CC.CC/C=C/C=C\C(CC)=C(/C)N.CCc1cccc2cccc(C)c12. The number of aryl methyl sites for hydroxylation is 2. The Bertz CT molecular complexity index is 1100. The zero-order valence-corrected chi connectivity index (χ0v) is 24.8. The predicted octanol–water partition coefficient (Wildman–Crippen LogP) is 10.0. The summed E-state index contributed by atoms with van der Waals surface area (Å²) in [6.07, 6.45) is 17.3. The second-order valence-corrected chi connectivity index (χ2v) is 8.87. The molecule has 0 heterocycles. The van der Waals surface area contributed by atoms with E-state index in [9.17, 15) is 0 Å². The lowest BCUT2D eigenvalue weighted by atomic mass is 9.99. The molecule has 2 nitrogen and oxygen atoms in total. The molecule has 0 aromatic heterocycles. The molecule has 0 saturated heterocycles. The van der Waals surface area contributed by atoms with Crippen molar-refractivity contribution >= 4 is 10.8 Å². The summed E-state index contributed by atoms with van der Waals surface area (Å²) in [4.78, 5) is 0. The summed E-state index contributed by atoms with van der Waals surface area (Å²) >= 11 is 0. The van der Waals surface area contributed by atoms with Crippen LogP contribution in [0.5, 0.6) is 0 Å². The van der Waals surface area contributed by atoms with E-state index in [1.807, 2.05) is 26.0 Å². The second-order valence-electron chi connectivity index (χ2n) is 8.87. The summed E-state index contributed by atoms with van der Waals surface area (Å²) < 4.78 is 0. The van der Waals surface area contributed by atoms with Crippen molar-refractivity contribution in [2.75, 3.05) is 0 Å². The van der Waals surface area contributed by atoms with E-state index >= 15 is 0 Å². The first-order chi connectivity index (χ1) is 17.7. The van der Waals surface area contributed by atoms with Crippen LogP contribution in [-0.4, -0.2) is 0 Å². The van der Waals surface area contributed by atoms with Crippen LogP contribution in [0.25, 0.3) is 10.8 Å². The van der Waals surface area contributed by atoms with Crippen molar-refractivity contribution < 1.29 is 0 Å². The van der Waals surface area contributed by atoms with Crippen LogP contribution < -0.4 is 11.5 Å². The van der Waals surface area contributed by atoms with Crippen molar-refractivity contribution in [3.8, 4) is 0 Å². The zero-order chi connectivity index (χ0) is 28.2. The molecule has 0 fully saturated rings. The van der Waals surface area contributed by atoms with Gasteiger partial charge in [-0.3, -0.25) is 0 Å². The van der Waals surface area contributed by atoms with E-state index in [4.69, 9.17) is 11.5 Å². The average Bonchev–Trinajstić information content (AvgIpc) is 2.90. The van der Waals surface area contributed by atoms with E-state index in [0.29, 0.717) is 0 Å². The van der Waals surface area contributed by atoms with Gasteiger partial charge in [0.1, 0.15) is 0 Å². The maximum Gasteiger partial charge on any atom is 0.0375 e. The predicted molar refractivity (Wildman–Crippen MR) is 170 cm³/mol. The molecule has 0 atom stereocenters. The third-order valence-electron chi connectivity index (χ3n) is 6.30. The molecule has 4 N–H and O–H groups in total. The van der Waals surface area contributed by atoms with Crippen molar-refractivity contribution in [3.63, 3.8) is 0 Å². The minimum absolute atomic E-state index is 0.900. The molecule has 0 radical (unpaired) electrons. The Morgan fingerprint density at radius 2 is 1.49 bits per heavy atom. The largest absolute Gasteiger partial charge is 0.402 e. The fourth-order valence-electron chi connectivity index (χ4n) is 4.03. The second kappa shape index (κ2) is 19.9.